The number of hydrogen-bond donors (Lipinski definition) is 2. The van der Waals surface area contributed by atoms with E-state index in [4.69, 9.17) is 5.73 Å². The number of carbonyl (C=O) groups is 1. The van der Waals surface area contributed by atoms with Gasteiger partial charge in [-0.3, -0.25) is 4.79 Å². The second-order valence-corrected chi connectivity index (χ2v) is 8.93. The smallest absolute Gasteiger partial charge is 0.220 e. The van der Waals surface area contributed by atoms with Crippen molar-refractivity contribution in [1.82, 2.24) is 5.32 Å². The zero-order valence-electron chi connectivity index (χ0n) is 13.8. The molecule has 5 nitrogen and oxygen atoms in total. The van der Waals surface area contributed by atoms with Crippen LogP contribution in [-0.2, 0) is 14.6 Å². The van der Waals surface area contributed by atoms with Gasteiger partial charge >= 0.3 is 0 Å². The van der Waals surface area contributed by atoms with E-state index in [2.05, 4.69) is 31.3 Å². The zero-order valence-corrected chi connectivity index (χ0v) is 14.6. The summed E-state index contributed by atoms with van der Waals surface area (Å²) in [5, 5.41) is 2.81. The van der Waals surface area contributed by atoms with Crippen LogP contribution in [-0.4, -0.2) is 32.4 Å². The largest absolute Gasteiger partial charge is 0.354 e. The van der Waals surface area contributed by atoms with Gasteiger partial charge in [0.1, 0.15) is 0 Å². The summed E-state index contributed by atoms with van der Waals surface area (Å²) in [5.74, 6) is 0.626. The first-order chi connectivity index (χ1) is 10.8. The van der Waals surface area contributed by atoms with E-state index in [0.717, 1.165) is 5.56 Å². The monoisotopic (exact) mass is 338 g/mol. The van der Waals surface area contributed by atoms with Gasteiger partial charge in [0, 0.05) is 19.0 Å². The molecule has 1 heterocycles. The van der Waals surface area contributed by atoms with Crippen molar-refractivity contribution >= 4 is 15.7 Å². The number of sulfone groups is 1. The molecule has 1 amide bonds. The maximum Gasteiger partial charge on any atom is 0.220 e. The van der Waals surface area contributed by atoms with Gasteiger partial charge in [-0.1, -0.05) is 38.1 Å². The average molecular weight is 338 g/mol. The minimum atomic E-state index is -2.93. The Kier molecular flexibility index (Phi) is 5.81. The molecule has 0 aliphatic carbocycles. The molecular formula is C17H26N2O3S. The third-order valence-electron chi connectivity index (χ3n) is 4.35. The molecule has 3 N–H and O–H groups in total. The van der Waals surface area contributed by atoms with Crippen molar-refractivity contribution in [2.24, 2.45) is 11.7 Å². The minimum absolute atomic E-state index is 0.0541. The summed E-state index contributed by atoms with van der Waals surface area (Å²) in [6, 6.07) is 7.86. The number of hydrogen-bond acceptors (Lipinski definition) is 4. The van der Waals surface area contributed by atoms with Crippen molar-refractivity contribution in [3.63, 3.8) is 0 Å². The summed E-state index contributed by atoms with van der Waals surface area (Å²) in [4.78, 5) is 11.9. The maximum absolute atomic E-state index is 11.9. The molecule has 1 aliphatic heterocycles. The third kappa shape index (κ3) is 5.32. The number of benzene rings is 1. The van der Waals surface area contributed by atoms with Crippen LogP contribution in [0.3, 0.4) is 0 Å². The van der Waals surface area contributed by atoms with Gasteiger partial charge in [0.05, 0.1) is 11.5 Å². The molecule has 0 radical (unpaired) electrons. The molecule has 6 heteroatoms. The number of amides is 1. The molecule has 0 aromatic heterocycles. The molecule has 1 saturated heterocycles. The zero-order chi connectivity index (χ0) is 17.0. The summed E-state index contributed by atoms with van der Waals surface area (Å²) in [6.45, 7) is 4.64. The lowest BCUT2D eigenvalue weighted by molar-refractivity contribution is -0.121. The summed E-state index contributed by atoms with van der Waals surface area (Å²) < 4.78 is 22.8. The maximum atomic E-state index is 11.9. The lowest BCUT2D eigenvalue weighted by Crippen LogP contribution is -2.33. The molecule has 2 unspecified atom stereocenters. The molecule has 128 valence electrons. The predicted molar refractivity (Wildman–Crippen MR) is 91.8 cm³/mol. The summed E-state index contributed by atoms with van der Waals surface area (Å²) >= 11 is 0. The second kappa shape index (κ2) is 7.45. The average Bonchev–Trinajstić information content (AvgIpc) is 2.83. The van der Waals surface area contributed by atoms with Crippen molar-refractivity contribution in [3.05, 3.63) is 35.4 Å². The fourth-order valence-electron chi connectivity index (χ4n) is 2.84. The highest BCUT2D eigenvalue weighted by atomic mass is 32.2. The molecular weight excluding hydrogens is 312 g/mol. The van der Waals surface area contributed by atoms with Crippen molar-refractivity contribution in [3.8, 4) is 0 Å². The van der Waals surface area contributed by atoms with Crippen LogP contribution in [0.1, 0.15) is 49.8 Å². The molecule has 1 aliphatic rings. The van der Waals surface area contributed by atoms with Crippen LogP contribution in [0.2, 0.25) is 0 Å². The quantitative estimate of drug-likeness (QED) is 0.827. The first-order valence-electron chi connectivity index (χ1n) is 8.09. The number of nitrogens with two attached hydrogens (primary N) is 1. The lowest BCUT2D eigenvalue weighted by atomic mass is 9.99. The SMILES string of the molecule is CC(C)c1ccc(C(N)CNC(=O)CC2CCS(=O)(=O)C2)cc1. The van der Waals surface area contributed by atoms with Crippen molar-refractivity contribution in [2.45, 2.75) is 38.6 Å². The van der Waals surface area contributed by atoms with E-state index in [1.54, 1.807) is 0 Å². The summed E-state index contributed by atoms with van der Waals surface area (Å²) in [5.41, 5.74) is 8.35. The van der Waals surface area contributed by atoms with Gasteiger partial charge in [-0.25, -0.2) is 8.42 Å². The summed E-state index contributed by atoms with van der Waals surface area (Å²) in [7, 11) is -2.93. The van der Waals surface area contributed by atoms with Crippen LogP contribution in [0, 0.1) is 5.92 Å². The highest BCUT2D eigenvalue weighted by Gasteiger charge is 2.29. The van der Waals surface area contributed by atoms with Gasteiger partial charge in [0.25, 0.3) is 0 Å². The van der Waals surface area contributed by atoms with Gasteiger partial charge in [-0.05, 0) is 29.4 Å². The van der Waals surface area contributed by atoms with Crippen LogP contribution in [0.5, 0.6) is 0 Å². The van der Waals surface area contributed by atoms with Crippen LogP contribution >= 0.6 is 0 Å². The van der Waals surface area contributed by atoms with Gasteiger partial charge in [0.15, 0.2) is 9.84 Å². The Morgan fingerprint density at radius 2 is 1.87 bits per heavy atom. The van der Waals surface area contributed by atoms with E-state index in [9.17, 15) is 13.2 Å². The minimum Gasteiger partial charge on any atom is -0.354 e. The van der Waals surface area contributed by atoms with E-state index in [-0.39, 0.29) is 35.8 Å². The first-order valence-corrected chi connectivity index (χ1v) is 9.91. The molecule has 2 rings (SSSR count). The topological polar surface area (TPSA) is 89.3 Å². The Morgan fingerprint density at radius 3 is 2.39 bits per heavy atom. The Labute approximate surface area is 138 Å². The van der Waals surface area contributed by atoms with Crippen molar-refractivity contribution in [1.29, 1.82) is 0 Å². The Bertz CT molecular complexity index is 638. The highest BCUT2D eigenvalue weighted by molar-refractivity contribution is 7.91. The molecule has 1 aromatic carbocycles. The standard InChI is InChI=1S/C17H26N2O3S/c1-12(2)14-3-5-15(6-4-14)16(18)10-19-17(20)9-13-7-8-23(21,22)11-13/h3-6,12-13,16H,7-11,18H2,1-2H3,(H,19,20). The predicted octanol–water partition coefficient (Wildman–Crippen LogP) is 1.75. The molecule has 0 spiro atoms. The Morgan fingerprint density at radius 1 is 1.26 bits per heavy atom. The molecule has 1 fully saturated rings. The normalized spacial score (nSPS) is 21.3. The number of carbonyl (C=O) groups excluding carboxylic acids is 1. The van der Waals surface area contributed by atoms with E-state index in [1.807, 2.05) is 12.1 Å². The van der Waals surface area contributed by atoms with Crippen LogP contribution < -0.4 is 11.1 Å². The number of rotatable bonds is 6. The van der Waals surface area contributed by atoms with E-state index in [1.165, 1.54) is 5.56 Å². The molecule has 23 heavy (non-hydrogen) atoms. The highest BCUT2D eigenvalue weighted by Crippen LogP contribution is 2.21. The van der Waals surface area contributed by atoms with E-state index < -0.39 is 9.84 Å². The number of nitrogens with one attached hydrogen (secondary N) is 1. The van der Waals surface area contributed by atoms with Crippen LogP contribution in [0.4, 0.5) is 0 Å². The fourth-order valence-corrected chi connectivity index (χ4v) is 4.70. The third-order valence-corrected chi connectivity index (χ3v) is 6.19. The van der Waals surface area contributed by atoms with Gasteiger partial charge < -0.3 is 11.1 Å². The Balaban J connectivity index is 1.79. The first kappa shape index (κ1) is 17.9. The fraction of sp³-hybridized carbons (Fsp3) is 0.588. The van der Waals surface area contributed by atoms with E-state index in [0.29, 0.717) is 18.9 Å². The van der Waals surface area contributed by atoms with Crippen LogP contribution in [0.15, 0.2) is 24.3 Å². The van der Waals surface area contributed by atoms with Crippen molar-refractivity contribution < 1.29 is 13.2 Å². The molecule has 0 saturated carbocycles. The molecule has 2 atom stereocenters. The second-order valence-electron chi connectivity index (χ2n) is 6.71. The molecule has 1 aromatic rings. The summed E-state index contributed by atoms with van der Waals surface area (Å²) in [6.07, 6.45) is 0.844. The molecule has 0 bridgehead atoms. The van der Waals surface area contributed by atoms with Gasteiger partial charge in [-0.15, -0.1) is 0 Å². The van der Waals surface area contributed by atoms with Gasteiger partial charge in [-0.2, -0.15) is 0 Å². The van der Waals surface area contributed by atoms with Crippen molar-refractivity contribution in [2.75, 3.05) is 18.1 Å². The lowest BCUT2D eigenvalue weighted by Gasteiger charge is -2.15. The Hall–Kier alpha value is -1.40. The van der Waals surface area contributed by atoms with Crippen LogP contribution in [0.25, 0.3) is 0 Å². The van der Waals surface area contributed by atoms with E-state index >= 15 is 0 Å². The van der Waals surface area contributed by atoms with Gasteiger partial charge in [0.2, 0.25) is 5.91 Å².